The summed E-state index contributed by atoms with van der Waals surface area (Å²) in [6.07, 6.45) is 1.60. The van der Waals surface area contributed by atoms with Gasteiger partial charge in [-0.15, -0.1) is 0 Å². The van der Waals surface area contributed by atoms with Crippen LogP contribution in [0.3, 0.4) is 0 Å². The van der Waals surface area contributed by atoms with E-state index < -0.39 is 5.97 Å². The highest BCUT2D eigenvalue weighted by Crippen LogP contribution is 2.24. The quantitative estimate of drug-likeness (QED) is 0.828. The highest BCUT2D eigenvalue weighted by atomic mass is 16.4. The fraction of sp³-hybridized carbons (Fsp3) is 0.214. The molecule has 0 bridgehead atoms. The number of nitrogens with zero attached hydrogens (tertiary/aromatic N) is 3. The number of anilines is 2. The molecule has 2 aromatic rings. The van der Waals surface area contributed by atoms with Crippen LogP contribution < -0.4 is 10.6 Å². The second-order valence-corrected chi connectivity index (χ2v) is 4.75. The average Bonchev–Trinajstić information content (AvgIpc) is 2.76. The van der Waals surface area contributed by atoms with E-state index in [1.165, 1.54) is 28.8 Å². The Balaban J connectivity index is 2.45. The molecule has 0 spiro atoms. The van der Waals surface area contributed by atoms with E-state index in [0.29, 0.717) is 16.9 Å². The number of carboxylic acids is 1. The third kappa shape index (κ3) is 2.71. The first kappa shape index (κ1) is 14.6. The van der Waals surface area contributed by atoms with Crippen LogP contribution in [0, 0.1) is 6.92 Å². The number of amides is 1. The molecule has 0 aliphatic heterocycles. The lowest BCUT2D eigenvalue weighted by Gasteiger charge is -2.19. The molecule has 7 nitrogen and oxygen atoms in total. The summed E-state index contributed by atoms with van der Waals surface area (Å²) in [7, 11) is 3.24. The van der Waals surface area contributed by atoms with Crippen molar-refractivity contribution in [3.63, 3.8) is 0 Å². The smallest absolute Gasteiger partial charge is 0.337 e. The molecule has 21 heavy (non-hydrogen) atoms. The Bertz CT molecular complexity index is 721. The van der Waals surface area contributed by atoms with Gasteiger partial charge in [-0.3, -0.25) is 9.48 Å². The number of carboxylic acid groups (broad SMARTS) is 1. The molecule has 110 valence electrons. The second-order valence-electron chi connectivity index (χ2n) is 4.75. The molecule has 3 N–H and O–H groups in total. The average molecular weight is 288 g/mol. The minimum absolute atomic E-state index is 0.0209. The molecule has 0 saturated carbocycles. The van der Waals surface area contributed by atoms with Crippen LogP contribution in [0.4, 0.5) is 11.4 Å². The van der Waals surface area contributed by atoms with Crippen LogP contribution in [-0.2, 0) is 7.05 Å². The van der Waals surface area contributed by atoms with Gasteiger partial charge in [0.1, 0.15) is 0 Å². The molecule has 0 unspecified atom stereocenters. The molecule has 2 rings (SSSR count). The summed E-state index contributed by atoms with van der Waals surface area (Å²) in [5.74, 6) is -1.47. The Kier molecular flexibility index (Phi) is 3.66. The second kappa shape index (κ2) is 5.28. The van der Waals surface area contributed by atoms with Crippen molar-refractivity contribution in [2.24, 2.45) is 7.05 Å². The number of aryl methyl sites for hydroxylation is 2. The van der Waals surface area contributed by atoms with Gasteiger partial charge in [0.05, 0.1) is 22.5 Å². The molecule has 0 aliphatic carbocycles. The van der Waals surface area contributed by atoms with Crippen LogP contribution in [0.2, 0.25) is 0 Å². The Labute approximate surface area is 121 Å². The Morgan fingerprint density at radius 1 is 1.33 bits per heavy atom. The third-order valence-corrected chi connectivity index (χ3v) is 3.16. The molecule has 0 radical (unpaired) electrons. The summed E-state index contributed by atoms with van der Waals surface area (Å²) in [4.78, 5) is 25.1. The molecule has 7 heteroatoms. The number of carbonyl (C=O) groups excluding carboxylic acids is 1. The monoisotopic (exact) mass is 288 g/mol. The van der Waals surface area contributed by atoms with Gasteiger partial charge in [-0.2, -0.15) is 5.10 Å². The minimum Gasteiger partial charge on any atom is -0.478 e. The summed E-state index contributed by atoms with van der Waals surface area (Å²) < 4.78 is 1.54. The largest absolute Gasteiger partial charge is 0.478 e. The summed E-state index contributed by atoms with van der Waals surface area (Å²) in [6, 6.07) is 4.40. The fourth-order valence-electron chi connectivity index (χ4n) is 2.12. The number of nitrogens with two attached hydrogens (primary N) is 1. The Morgan fingerprint density at radius 3 is 2.52 bits per heavy atom. The lowest BCUT2D eigenvalue weighted by Crippen LogP contribution is -2.28. The maximum atomic E-state index is 12.5. The van der Waals surface area contributed by atoms with E-state index in [1.807, 2.05) is 0 Å². The van der Waals surface area contributed by atoms with Gasteiger partial charge in [-0.25, -0.2) is 4.79 Å². The number of benzene rings is 1. The minimum atomic E-state index is -1.14. The zero-order valence-corrected chi connectivity index (χ0v) is 12.0. The highest BCUT2D eigenvalue weighted by Gasteiger charge is 2.22. The number of aromatic carboxylic acids is 1. The van der Waals surface area contributed by atoms with E-state index in [1.54, 1.807) is 26.2 Å². The molecular formula is C14H16N4O3. The van der Waals surface area contributed by atoms with Crippen molar-refractivity contribution in [2.75, 3.05) is 17.7 Å². The Hall–Kier alpha value is -2.83. The predicted octanol–water partition coefficient (Wildman–Crippen LogP) is 1.29. The summed E-state index contributed by atoms with van der Waals surface area (Å²) >= 11 is 0. The molecule has 1 heterocycles. The van der Waals surface area contributed by atoms with Crippen LogP contribution >= 0.6 is 0 Å². The van der Waals surface area contributed by atoms with E-state index in [0.717, 1.165) is 0 Å². The van der Waals surface area contributed by atoms with Crippen molar-refractivity contribution < 1.29 is 14.7 Å². The van der Waals surface area contributed by atoms with Gasteiger partial charge in [0.15, 0.2) is 0 Å². The van der Waals surface area contributed by atoms with Crippen LogP contribution in [0.15, 0.2) is 24.4 Å². The first-order valence-electron chi connectivity index (χ1n) is 6.22. The number of rotatable bonds is 3. The number of nitrogen functional groups attached to an aromatic ring is 1. The maximum absolute atomic E-state index is 12.5. The van der Waals surface area contributed by atoms with Crippen LogP contribution in [0.5, 0.6) is 0 Å². The molecular weight excluding hydrogens is 272 g/mol. The van der Waals surface area contributed by atoms with Gasteiger partial charge in [-0.1, -0.05) is 0 Å². The third-order valence-electron chi connectivity index (χ3n) is 3.16. The van der Waals surface area contributed by atoms with E-state index in [2.05, 4.69) is 5.10 Å². The number of hydrogen-bond donors (Lipinski definition) is 2. The van der Waals surface area contributed by atoms with Crippen molar-refractivity contribution in [2.45, 2.75) is 6.92 Å². The van der Waals surface area contributed by atoms with Crippen LogP contribution in [0.1, 0.15) is 26.4 Å². The van der Waals surface area contributed by atoms with Gasteiger partial charge in [-0.05, 0) is 25.1 Å². The summed E-state index contributed by atoms with van der Waals surface area (Å²) in [5, 5.41) is 13.4. The van der Waals surface area contributed by atoms with E-state index in [9.17, 15) is 14.7 Å². The van der Waals surface area contributed by atoms with Crippen molar-refractivity contribution >= 4 is 23.3 Å². The number of hydrogen-bond acceptors (Lipinski definition) is 4. The highest BCUT2D eigenvalue weighted by molar-refractivity contribution is 6.09. The van der Waals surface area contributed by atoms with Crippen molar-refractivity contribution in [3.8, 4) is 0 Å². The van der Waals surface area contributed by atoms with Crippen molar-refractivity contribution in [3.05, 3.63) is 41.2 Å². The topological polar surface area (TPSA) is 101 Å². The first-order chi connectivity index (χ1) is 9.81. The van der Waals surface area contributed by atoms with Gasteiger partial charge in [0.25, 0.3) is 5.91 Å². The van der Waals surface area contributed by atoms with Gasteiger partial charge >= 0.3 is 5.97 Å². The van der Waals surface area contributed by atoms with Gasteiger partial charge < -0.3 is 15.7 Å². The summed E-state index contributed by atoms with van der Waals surface area (Å²) in [5.41, 5.74) is 7.20. The van der Waals surface area contributed by atoms with E-state index in [4.69, 9.17) is 5.73 Å². The fourth-order valence-corrected chi connectivity index (χ4v) is 2.12. The molecule has 1 aromatic heterocycles. The van der Waals surface area contributed by atoms with E-state index >= 15 is 0 Å². The standard InChI is InChI=1S/C14H16N4O3/c1-8-11(7-17(2)16-8)13(19)18(3)12-5-4-9(15)6-10(12)14(20)21/h4-7H,15H2,1-3H3,(H,20,21). The summed E-state index contributed by atoms with van der Waals surface area (Å²) in [6.45, 7) is 1.72. The zero-order chi connectivity index (χ0) is 15.7. The van der Waals surface area contributed by atoms with Crippen molar-refractivity contribution in [1.29, 1.82) is 0 Å². The normalized spacial score (nSPS) is 10.4. The number of carbonyl (C=O) groups is 2. The van der Waals surface area contributed by atoms with Crippen molar-refractivity contribution in [1.82, 2.24) is 9.78 Å². The first-order valence-corrected chi connectivity index (χ1v) is 6.22. The number of aromatic nitrogens is 2. The SMILES string of the molecule is Cc1nn(C)cc1C(=O)N(C)c1ccc(N)cc1C(=O)O. The predicted molar refractivity (Wildman–Crippen MR) is 78.5 cm³/mol. The molecule has 0 fully saturated rings. The van der Waals surface area contributed by atoms with Gasteiger partial charge in [0.2, 0.25) is 0 Å². The molecule has 1 amide bonds. The van der Waals surface area contributed by atoms with Crippen LogP contribution in [-0.4, -0.2) is 33.8 Å². The van der Waals surface area contributed by atoms with Gasteiger partial charge in [0, 0.05) is 26.0 Å². The zero-order valence-electron chi connectivity index (χ0n) is 12.0. The molecule has 0 saturated heterocycles. The Morgan fingerprint density at radius 2 is 2.00 bits per heavy atom. The lowest BCUT2D eigenvalue weighted by atomic mass is 10.1. The maximum Gasteiger partial charge on any atom is 0.337 e. The molecule has 1 aromatic carbocycles. The van der Waals surface area contributed by atoms with E-state index in [-0.39, 0.29) is 17.2 Å². The molecule has 0 aliphatic rings. The molecule has 0 atom stereocenters. The van der Waals surface area contributed by atoms with Crippen LogP contribution in [0.25, 0.3) is 0 Å². The lowest BCUT2D eigenvalue weighted by molar-refractivity contribution is 0.0698.